The van der Waals surface area contributed by atoms with Gasteiger partial charge >= 0.3 is 0 Å². The van der Waals surface area contributed by atoms with E-state index in [0.29, 0.717) is 0 Å². The van der Waals surface area contributed by atoms with Crippen molar-refractivity contribution < 1.29 is 9.18 Å². The van der Waals surface area contributed by atoms with Gasteiger partial charge in [-0.3, -0.25) is 9.69 Å². The van der Waals surface area contributed by atoms with Crippen molar-refractivity contribution in [3.63, 3.8) is 0 Å². The molecule has 1 amide bonds. The summed E-state index contributed by atoms with van der Waals surface area (Å²) >= 11 is 6.23. The molecule has 0 saturated carbocycles. The highest BCUT2D eigenvalue weighted by atomic mass is 35.5. The van der Waals surface area contributed by atoms with Crippen molar-refractivity contribution in [2.24, 2.45) is 5.92 Å². The van der Waals surface area contributed by atoms with Crippen molar-refractivity contribution in [3.05, 3.63) is 70.5 Å². The highest BCUT2D eigenvalue weighted by Gasteiger charge is 2.26. The molecular formula is C21H24ClFN2O. The first-order chi connectivity index (χ1) is 12.5. The number of carbonyl (C=O) groups excluding carboxylic acids is 1. The Labute approximate surface area is 159 Å². The van der Waals surface area contributed by atoms with Crippen LogP contribution in [0.5, 0.6) is 0 Å². The van der Waals surface area contributed by atoms with Gasteiger partial charge in [0.25, 0.3) is 0 Å². The Bertz CT molecular complexity index is 742. The standard InChI is InChI=1S/C21H24ClFN2O/c1-15(16-6-8-19(23)9-7-16)24-21(26)17-10-12-25(13-11-17)14-18-4-2-3-5-20(18)22/h2-9,15,17H,10-14H2,1H3,(H,24,26)/t15-/m0/s1. The van der Waals surface area contributed by atoms with Crippen LogP contribution < -0.4 is 5.32 Å². The van der Waals surface area contributed by atoms with E-state index in [4.69, 9.17) is 11.6 Å². The lowest BCUT2D eigenvalue weighted by atomic mass is 9.95. The number of hydrogen-bond donors (Lipinski definition) is 1. The van der Waals surface area contributed by atoms with Crippen LogP contribution in [0.2, 0.25) is 5.02 Å². The lowest BCUT2D eigenvalue weighted by Crippen LogP contribution is -2.40. The molecular weight excluding hydrogens is 351 g/mol. The first-order valence-corrected chi connectivity index (χ1v) is 9.42. The fourth-order valence-electron chi connectivity index (χ4n) is 3.39. The molecule has 1 fully saturated rings. The number of carbonyl (C=O) groups is 1. The molecule has 0 radical (unpaired) electrons. The van der Waals surface area contributed by atoms with E-state index in [0.717, 1.165) is 48.6 Å². The predicted octanol–water partition coefficient (Wildman–Crippen LogP) is 4.57. The summed E-state index contributed by atoms with van der Waals surface area (Å²) in [5.41, 5.74) is 2.04. The molecule has 2 aromatic rings. The minimum Gasteiger partial charge on any atom is -0.349 e. The number of piperidine rings is 1. The molecule has 1 aliphatic heterocycles. The molecule has 1 saturated heterocycles. The van der Waals surface area contributed by atoms with Gasteiger partial charge in [0.1, 0.15) is 5.82 Å². The second-order valence-electron chi connectivity index (χ2n) is 6.92. The van der Waals surface area contributed by atoms with Gasteiger partial charge in [0.05, 0.1) is 6.04 Å². The van der Waals surface area contributed by atoms with Gasteiger partial charge in [-0.2, -0.15) is 0 Å². The molecule has 1 heterocycles. The van der Waals surface area contributed by atoms with E-state index in [1.165, 1.54) is 12.1 Å². The molecule has 0 aliphatic carbocycles. The number of likely N-dealkylation sites (tertiary alicyclic amines) is 1. The van der Waals surface area contributed by atoms with Crippen LogP contribution in [0.25, 0.3) is 0 Å². The number of hydrogen-bond acceptors (Lipinski definition) is 2. The average molecular weight is 375 g/mol. The zero-order chi connectivity index (χ0) is 18.5. The van der Waals surface area contributed by atoms with Crippen molar-refractivity contribution in [2.45, 2.75) is 32.4 Å². The van der Waals surface area contributed by atoms with Crippen LogP contribution in [-0.2, 0) is 11.3 Å². The number of halogens is 2. The number of amides is 1. The summed E-state index contributed by atoms with van der Waals surface area (Å²) in [4.78, 5) is 14.9. The van der Waals surface area contributed by atoms with Crippen LogP contribution in [0.15, 0.2) is 48.5 Å². The lowest BCUT2D eigenvalue weighted by Gasteiger charge is -2.32. The van der Waals surface area contributed by atoms with E-state index in [-0.39, 0.29) is 23.7 Å². The number of nitrogens with zero attached hydrogens (tertiary/aromatic N) is 1. The van der Waals surface area contributed by atoms with E-state index in [1.54, 1.807) is 12.1 Å². The molecule has 3 nitrogen and oxygen atoms in total. The predicted molar refractivity (Wildman–Crippen MR) is 102 cm³/mol. The summed E-state index contributed by atoms with van der Waals surface area (Å²) in [7, 11) is 0. The fraction of sp³-hybridized carbons (Fsp3) is 0.381. The molecule has 0 bridgehead atoms. The maximum atomic E-state index is 13.0. The highest BCUT2D eigenvalue weighted by molar-refractivity contribution is 6.31. The Hall–Kier alpha value is -1.91. The van der Waals surface area contributed by atoms with Gasteiger partial charge in [-0.25, -0.2) is 4.39 Å². The van der Waals surface area contributed by atoms with Crippen LogP contribution in [0.4, 0.5) is 4.39 Å². The Morgan fingerprint density at radius 2 is 1.85 bits per heavy atom. The molecule has 5 heteroatoms. The van der Waals surface area contributed by atoms with Crippen LogP contribution >= 0.6 is 11.6 Å². The fourth-order valence-corrected chi connectivity index (χ4v) is 3.58. The van der Waals surface area contributed by atoms with Crippen LogP contribution in [0.3, 0.4) is 0 Å². The monoisotopic (exact) mass is 374 g/mol. The molecule has 1 atom stereocenters. The van der Waals surface area contributed by atoms with E-state index < -0.39 is 0 Å². The Morgan fingerprint density at radius 3 is 2.50 bits per heavy atom. The molecule has 0 spiro atoms. The van der Waals surface area contributed by atoms with Crippen molar-refractivity contribution in [1.82, 2.24) is 10.2 Å². The second-order valence-corrected chi connectivity index (χ2v) is 7.33. The second kappa shape index (κ2) is 8.65. The summed E-state index contributed by atoms with van der Waals surface area (Å²) in [5, 5.41) is 3.85. The Kier molecular flexibility index (Phi) is 6.28. The molecule has 138 valence electrons. The highest BCUT2D eigenvalue weighted by Crippen LogP contribution is 2.23. The number of benzene rings is 2. The van der Waals surface area contributed by atoms with Crippen molar-refractivity contribution in [2.75, 3.05) is 13.1 Å². The molecule has 0 unspecified atom stereocenters. The minimum atomic E-state index is -0.266. The third-order valence-corrected chi connectivity index (χ3v) is 5.41. The van der Waals surface area contributed by atoms with E-state index in [1.807, 2.05) is 31.2 Å². The third kappa shape index (κ3) is 4.83. The molecule has 1 aliphatic rings. The SMILES string of the molecule is C[C@H](NC(=O)C1CCN(Cc2ccccc2Cl)CC1)c1ccc(F)cc1. The van der Waals surface area contributed by atoms with Crippen LogP contribution in [0, 0.1) is 11.7 Å². The van der Waals surface area contributed by atoms with Crippen molar-refractivity contribution in [1.29, 1.82) is 0 Å². The summed E-state index contributed by atoms with van der Waals surface area (Å²) in [6.45, 7) is 4.51. The zero-order valence-corrected chi connectivity index (χ0v) is 15.7. The number of nitrogens with one attached hydrogen (secondary N) is 1. The normalized spacial score (nSPS) is 17.0. The Balaban J connectivity index is 1.49. The largest absolute Gasteiger partial charge is 0.349 e. The summed E-state index contributed by atoms with van der Waals surface area (Å²) < 4.78 is 13.0. The topological polar surface area (TPSA) is 32.3 Å². The molecule has 1 N–H and O–H groups in total. The quantitative estimate of drug-likeness (QED) is 0.831. The van der Waals surface area contributed by atoms with Gasteiger partial charge in [0, 0.05) is 17.5 Å². The summed E-state index contributed by atoms with van der Waals surface area (Å²) in [6, 6.07) is 14.0. The van der Waals surface area contributed by atoms with Gasteiger partial charge in [0.15, 0.2) is 0 Å². The van der Waals surface area contributed by atoms with Gasteiger partial charge in [-0.15, -0.1) is 0 Å². The first kappa shape index (κ1) is 18.9. The molecule has 26 heavy (non-hydrogen) atoms. The maximum absolute atomic E-state index is 13.0. The zero-order valence-electron chi connectivity index (χ0n) is 14.9. The lowest BCUT2D eigenvalue weighted by molar-refractivity contribution is -0.127. The van der Waals surface area contributed by atoms with E-state index in [2.05, 4.69) is 10.2 Å². The van der Waals surface area contributed by atoms with Gasteiger partial charge < -0.3 is 5.32 Å². The van der Waals surface area contributed by atoms with Crippen molar-refractivity contribution in [3.8, 4) is 0 Å². The summed E-state index contributed by atoms with van der Waals surface area (Å²) in [6.07, 6.45) is 1.68. The van der Waals surface area contributed by atoms with Crippen molar-refractivity contribution >= 4 is 17.5 Å². The van der Waals surface area contributed by atoms with Crippen LogP contribution in [0.1, 0.15) is 36.9 Å². The maximum Gasteiger partial charge on any atom is 0.223 e. The van der Waals surface area contributed by atoms with Gasteiger partial charge in [-0.1, -0.05) is 41.9 Å². The third-order valence-electron chi connectivity index (χ3n) is 5.04. The molecule has 0 aromatic heterocycles. The van der Waals surface area contributed by atoms with E-state index in [9.17, 15) is 9.18 Å². The summed E-state index contributed by atoms with van der Waals surface area (Å²) in [5.74, 6) is -0.155. The number of rotatable bonds is 5. The average Bonchev–Trinajstić information content (AvgIpc) is 2.64. The molecule has 2 aromatic carbocycles. The minimum absolute atomic E-state index is 0.0281. The van der Waals surface area contributed by atoms with Crippen LogP contribution in [-0.4, -0.2) is 23.9 Å². The van der Waals surface area contributed by atoms with E-state index >= 15 is 0 Å². The van der Waals surface area contributed by atoms with Gasteiger partial charge in [-0.05, 0) is 62.2 Å². The first-order valence-electron chi connectivity index (χ1n) is 9.04. The molecule has 3 rings (SSSR count). The smallest absolute Gasteiger partial charge is 0.223 e. The Morgan fingerprint density at radius 1 is 1.19 bits per heavy atom. The van der Waals surface area contributed by atoms with Gasteiger partial charge in [0.2, 0.25) is 5.91 Å².